The van der Waals surface area contributed by atoms with Crippen LogP contribution in [0.3, 0.4) is 0 Å². The van der Waals surface area contributed by atoms with Gasteiger partial charge in [-0.1, -0.05) is 0 Å². The Kier molecular flexibility index (Phi) is 6.99. The minimum Gasteiger partial charge on any atom is -0.493 e. The first-order valence-electron chi connectivity index (χ1n) is 10.6. The summed E-state index contributed by atoms with van der Waals surface area (Å²) in [5.74, 6) is -1.70. The number of aromatic amines is 1. The molecule has 3 heterocycles. The van der Waals surface area contributed by atoms with Crippen LogP contribution in [0.25, 0.3) is 0 Å². The van der Waals surface area contributed by atoms with Gasteiger partial charge in [0.05, 0.1) is 36.8 Å². The highest BCUT2D eigenvalue weighted by atomic mass is 19.2. The maximum atomic E-state index is 13.3. The van der Waals surface area contributed by atoms with Gasteiger partial charge in [0.15, 0.2) is 11.6 Å². The maximum Gasteiger partial charge on any atom is 0.238 e. The summed E-state index contributed by atoms with van der Waals surface area (Å²) in [4.78, 5) is 14.5. The van der Waals surface area contributed by atoms with E-state index in [0.29, 0.717) is 31.8 Å². The Bertz CT molecular complexity index is 1120. The van der Waals surface area contributed by atoms with Crippen LogP contribution < -0.4 is 10.1 Å². The van der Waals surface area contributed by atoms with Gasteiger partial charge in [-0.15, -0.1) is 0 Å². The van der Waals surface area contributed by atoms with Crippen LogP contribution in [0.4, 0.5) is 14.5 Å². The first-order chi connectivity index (χ1) is 15.9. The van der Waals surface area contributed by atoms with Gasteiger partial charge in [0, 0.05) is 44.5 Å². The van der Waals surface area contributed by atoms with E-state index in [1.165, 1.54) is 6.07 Å². The zero-order chi connectivity index (χ0) is 23.4. The van der Waals surface area contributed by atoms with Crippen LogP contribution >= 0.6 is 0 Å². The van der Waals surface area contributed by atoms with Gasteiger partial charge in [-0.25, -0.2) is 8.78 Å². The number of carbonyl (C=O) groups is 1. The van der Waals surface area contributed by atoms with E-state index in [1.54, 1.807) is 10.9 Å². The van der Waals surface area contributed by atoms with Crippen LogP contribution in [0.2, 0.25) is 0 Å². The molecule has 0 saturated carbocycles. The second kappa shape index (κ2) is 10.1. The minimum atomic E-state index is -0.945. The Balaban J connectivity index is 1.26. The number of nitrogens with zero attached hydrogens (tertiary/aromatic N) is 4. The van der Waals surface area contributed by atoms with Crippen molar-refractivity contribution in [1.29, 1.82) is 0 Å². The molecule has 176 valence electrons. The van der Waals surface area contributed by atoms with Gasteiger partial charge in [-0.2, -0.15) is 10.2 Å². The molecule has 1 aromatic carbocycles. The Morgan fingerprint density at radius 2 is 2.18 bits per heavy atom. The van der Waals surface area contributed by atoms with Crippen molar-refractivity contribution < 1.29 is 23.0 Å². The summed E-state index contributed by atoms with van der Waals surface area (Å²) in [7, 11) is 1.81. The first-order valence-corrected chi connectivity index (χ1v) is 10.6. The molecule has 1 aliphatic heterocycles. The van der Waals surface area contributed by atoms with Crippen molar-refractivity contribution in [2.24, 2.45) is 7.05 Å². The molecule has 1 atom stereocenters. The molecule has 0 radical (unpaired) electrons. The van der Waals surface area contributed by atoms with E-state index in [4.69, 9.17) is 9.47 Å². The lowest BCUT2D eigenvalue weighted by Crippen LogP contribution is -2.42. The third-order valence-electron chi connectivity index (χ3n) is 5.32. The van der Waals surface area contributed by atoms with Crippen molar-refractivity contribution in [2.45, 2.75) is 19.4 Å². The predicted molar refractivity (Wildman–Crippen MR) is 116 cm³/mol. The van der Waals surface area contributed by atoms with Gasteiger partial charge in [0.2, 0.25) is 5.91 Å². The van der Waals surface area contributed by atoms with Crippen LogP contribution in [0, 0.1) is 18.6 Å². The Morgan fingerprint density at radius 1 is 1.33 bits per heavy atom. The zero-order valence-electron chi connectivity index (χ0n) is 18.5. The number of ether oxygens (including phenoxy) is 2. The van der Waals surface area contributed by atoms with Gasteiger partial charge in [0.25, 0.3) is 0 Å². The molecule has 33 heavy (non-hydrogen) atoms. The van der Waals surface area contributed by atoms with E-state index in [2.05, 4.69) is 20.6 Å². The van der Waals surface area contributed by atoms with Crippen LogP contribution in [0.1, 0.15) is 23.2 Å². The van der Waals surface area contributed by atoms with Gasteiger partial charge in [0.1, 0.15) is 11.9 Å². The molecule has 2 N–H and O–H groups in total. The number of nitrogens with one attached hydrogen (secondary N) is 2. The molecular formula is C22H26F2N6O3. The van der Waals surface area contributed by atoms with Crippen LogP contribution in [0.15, 0.2) is 30.5 Å². The second-order valence-corrected chi connectivity index (χ2v) is 7.94. The number of carbonyl (C=O) groups excluding carboxylic acids is 1. The number of anilines is 1. The number of hydrogen-bond donors (Lipinski definition) is 2. The molecule has 3 aromatic rings. The average molecular weight is 460 g/mol. The fraction of sp³-hybridized carbons (Fsp3) is 0.409. The lowest BCUT2D eigenvalue weighted by atomic mass is 10.2. The molecule has 9 nitrogen and oxygen atoms in total. The smallest absolute Gasteiger partial charge is 0.238 e. The van der Waals surface area contributed by atoms with Crippen molar-refractivity contribution in [2.75, 3.05) is 38.2 Å². The van der Waals surface area contributed by atoms with Crippen molar-refractivity contribution in [3.05, 3.63) is 59.2 Å². The van der Waals surface area contributed by atoms with Crippen molar-refractivity contribution in [1.82, 2.24) is 24.9 Å². The highest BCUT2D eigenvalue weighted by molar-refractivity contribution is 5.92. The molecular weight excluding hydrogens is 434 g/mol. The number of hydrogen-bond acceptors (Lipinski definition) is 6. The largest absolute Gasteiger partial charge is 0.493 e. The Labute approximate surface area is 189 Å². The number of morpholine rings is 1. The summed E-state index contributed by atoms with van der Waals surface area (Å²) < 4.78 is 39.2. The Hall–Kier alpha value is -3.31. The topological polar surface area (TPSA) is 97.3 Å². The number of aryl methyl sites for hydroxylation is 2. The predicted octanol–water partition coefficient (Wildman–Crippen LogP) is 2.36. The number of aromatic nitrogens is 4. The molecule has 11 heteroatoms. The average Bonchev–Trinajstić information content (AvgIpc) is 3.37. The normalized spacial score (nSPS) is 16.7. The number of rotatable bonds is 8. The third-order valence-corrected chi connectivity index (χ3v) is 5.32. The van der Waals surface area contributed by atoms with E-state index >= 15 is 0 Å². The second-order valence-electron chi connectivity index (χ2n) is 7.94. The summed E-state index contributed by atoms with van der Waals surface area (Å²) in [5, 5.41) is 14.4. The van der Waals surface area contributed by atoms with Crippen LogP contribution in [-0.2, 0) is 23.0 Å². The molecule has 2 aromatic heterocycles. The molecule has 1 fully saturated rings. The van der Waals surface area contributed by atoms with E-state index < -0.39 is 11.6 Å². The first kappa shape index (κ1) is 22.9. The molecule has 4 rings (SSSR count). The molecule has 0 aliphatic carbocycles. The summed E-state index contributed by atoms with van der Waals surface area (Å²) in [6, 6.07) is 5.32. The van der Waals surface area contributed by atoms with Crippen molar-refractivity contribution >= 4 is 11.6 Å². The fourth-order valence-electron chi connectivity index (χ4n) is 3.66. The van der Waals surface area contributed by atoms with Crippen LogP contribution in [0.5, 0.6) is 5.75 Å². The lowest BCUT2D eigenvalue weighted by molar-refractivity contribution is -0.119. The quantitative estimate of drug-likeness (QED) is 0.536. The number of halogens is 2. The fourth-order valence-corrected chi connectivity index (χ4v) is 3.66. The molecule has 0 spiro atoms. The highest BCUT2D eigenvalue weighted by Crippen LogP contribution is 2.22. The monoisotopic (exact) mass is 460 g/mol. The molecule has 1 saturated heterocycles. The molecule has 1 amide bonds. The Morgan fingerprint density at radius 3 is 2.94 bits per heavy atom. The van der Waals surface area contributed by atoms with E-state index in [9.17, 15) is 13.6 Å². The zero-order valence-corrected chi connectivity index (χ0v) is 18.5. The number of amides is 1. The van der Waals surface area contributed by atoms with E-state index in [0.717, 1.165) is 29.2 Å². The van der Waals surface area contributed by atoms with E-state index in [1.807, 2.05) is 24.9 Å². The highest BCUT2D eigenvalue weighted by Gasteiger charge is 2.25. The summed E-state index contributed by atoms with van der Waals surface area (Å²) in [6.45, 7) is 4.04. The van der Waals surface area contributed by atoms with Crippen molar-refractivity contribution in [3.63, 3.8) is 0 Å². The third kappa shape index (κ3) is 5.93. The van der Waals surface area contributed by atoms with Gasteiger partial charge < -0.3 is 14.8 Å². The maximum absolute atomic E-state index is 13.3. The van der Waals surface area contributed by atoms with Gasteiger partial charge >= 0.3 is 0 Å². The summed E-state index contributed by atoms with van der Waals surface area (Å²) in [6.07, 6.45) is 2.02. The number of benzene rings is 1. The van der Waals surface area contributed by atoms with Crippen LogP contribution in [-0.4, -0.2) is 63.6 Å². The SMILES string of the molecule is Cc1nn(C)cc1NC(=O)CN1CCO[C@@H](c2cc(CCOc3ccc(F)c(F)c3)[nH]n2)C1. The molecule has 0 bridgehead atoms. The van der Waals surface area contributed by atoms with E-state index in [-0.39, 0.29) is 30.9 Å². The van der Waals surface area contributed by atoms with Gasteiger partial charge in [-0.05, 0) is 25.1 Å². The molecule has 0 unspecified atom stereocenters. The minimum absolute atomic E-state index is 0.108. The lowest BCUT2D eigenvalue weighted by Gasteiger charge is -2.31. The summed E-state index contributed by atoms with van der Waals surface area (Å²) in [5.41, 5.74) is 3.04. The molecule has 1 aliphatic rings. The summed E-state index contributed by atoms with van der Waals surface area (Å²) >= 11 is 0. The standard InChI is InChI=1S/C22H26F2N6O3/c1-14-20(11-29(2)28-14)25-22(31)13-30-6-8-33-21(12-30)19-9-15(26-27-19)5-7-32-16-3-4-17(23)18(24)10-16/h3-4,9-11,21H,5-8,12-13H2,1-2H3,(H,25,31)(H,26,27)/t21-/m1/s1. The number of H-pyrrole nitrogens is 1. The van der Waals surface area contributed by atoms with Gasteiger partial charge in [-0.3, -0.25) is 19.5 Å². The van der Waals surface area contributed by atoms with Crippen molar-refractivity contribution in [3.8, 4) is 5.75 Å².